The van der Waals surface area contributed by atoms with Crippen LogP contribution in [0.5, 0.6) is 0 Å². The van der Waals surface area contributed by atoms with E-state index in [1.54, 1.807) is 14.1 Å². The predicted molar refractivity (Wildman–Crippen MR) is 62.2 cm³/mol. The van der Waals surface area contributed by atoms with Crippen LogP contribution in [0.2, 0.25) is 0 Å². The molecule has 0 aromatic rings. The van der Waals surface area contributed by atoms with E-state index >= 15 is 0 Å². The van der Waals surface area contributed by atoms with E-state index in [4.69, 9.17) is 0 Å². The quantitative estimate of drug-likeness (QED) is 0.611. The Balaban J connectivity index is 3.90. The van der Waals surface area contributed by atoms with E-state index in [0.29, 0.717) is 13.0 Å². The molecule has 0 atom stereocenters. The Hall–Kier alpha value is -1.59. The summed E-state index contributed by atoms with van der Waals surface area (Å²) in [6.07, 6.45) is 0.843. The molecule has 0 radical (unpaired) electrons. The lowest BCUT2D eigenvalue weighted by Crippen LogP contribution is -2.38. The van der Waals surface area contributed by atoms with Crippen molar-refractivity contribution in [3.8, 4) is 0 Å². The molecule has 0 aliphatic carbocycles. The van der Waals surface area contributed by atoms with Crippen LogP contribution in [0.1, 0.15) is 19.8 Å². The molecule has 0 saturated carbocycles. The number of esters is 1. The van der Waals surface area contributed by atoms with E-state index in [2.05, 4.69) is 4.74 Å². The summed E-state index contributed by atoms with van der Waals surface area (Å²) in [5, 5.41) is 0. The summed E-state index contributed by atoms with van der Waals surface area (Å²) < 4.78 is 4.49. The molecular weight excluding hydrogens is 224 g/mol. The summed E-state index contributed by atoms with van der Waals surface area (Å²) >= 11 is 0. The first kappa shape index (κ1) is 15.4. The van der Waals surface area contributed by atoms with Crippen molar-refractivity contribution in [3.05, 3.63) is 0 Å². The molecule has 0 N–H and O–H groups in total. The van der Waals surface area contributed by atoms with Crippen molar-refractivity contribution in [1.29, 1.82) is 0 Å². The van der Waals surface area contributed by atoms with Gasteiger partial charge in [-0.1, -0.05) is 0 Å². The number of carbonyl (C=O) groups is 3. The maximum Gasteiger partial charge on any atom is 0.305 e. The van der Waals surface area contributed by atoms with E-state index in [9.17, 15) is 14.4 Å². The first-order valence-electron chi connectivity index (χ1n) is 5.41. The molecule has 0 spiro atoms. The van der Waals surface area contributed by atoms with Crippen LogP contribution in [0.25, 0.3) is 0 Å². The monoisotopic (exact) mass is 244 g/mol. The third-order valence-corrected chi connectivity index (χ3v) is 2.44. The minimum Gasteiger partial charge on any atom is -0.469 e. The van der Waals surface area contributed by atoms with Gasteiger partial charge in [0, 0.05) is 34.0 Å². The van der Waals surface area contributed by atoms with Gasteiger partial charge in [-0.2, -0.15) is 0 Å². The van der Waals surface area contributed by atoms with E-state index in [-0.39, 0.29) is 30.7 Å². The van der Waals surface area contributed by atoms with Crippen LogP contribution in [-0.4, -0.2) is 61.9 Å². The van der Waals surface area contributed by atoms with Crippen LogP contribution in [0.4, 0.5) is 0 Å². The number of nitrogens with zero attached hydrogens (tertiary/aromatic N) is 2. The smallest absolute Gasteiger partial charge is 0.305 e. The molecule has 2 amide bonds. The van der Waals surface area contributed by atoms with Crippen LogP contribution in [0, 0.1) is 0 Å². The van der Waals surface area contributed by atoms with Gasteiger partial charge in [-0.05, 0) is 6.42 Å². The first-order chi connectivity index (χ1) is 7.88. The number of likely N-dealkylation sites (N-methyl/N-ethyl adjacent to an activating group) is 2. The molecule has 6 nitrogen and oxygen atoms in total. The Morgan fingerprint density at radius 3 is 2.18 bits per heavy atom. The Morgan fingerprint density at radius 1 is 1.12 bits per heavy atom. The molecule has 0 rings (SSSR count). The summed E-state index contributed by atoms with van der Waals surface area (Å²) in [5.41, 5.74) is 0. The highest BCUT2D eigenvalue weighted by molar-refractivity contribution is 5.83. The fourth-order valence-electron chi connectivity index (χ4n) is 1.12. The number of ether oxygens (including phenoxy) is 1. The molecule has 0 aromatic heterocycles. The van der Waals surface area contributed by atoms with Gasteiger partial charge in [0.1, 0.15) is 0 Å². The van der Waals surface area contributed by atoms with Gasteiger partial charge in [-0.25, -0.2) is 0 Å². The largest absolute Gasteiger partial charge is 0.469 e. The second-order valence-corrected chi connectivity index (χ2v) is 3.87. The van der Waals surface area contributed by atoms with E-state index in [0.717, 1.165) is 0 Å². The standard InChI is InChI=1S/C11H20N2O4/c1-9(14)13(3)8-10(15)12(2)7-5-6-11(16)17-4/h5-8H2,1-4H3. The summed E-state index contributed by atoms with van der Waals surface area (Å²) in [6.45, 7) is 1.94. The van der Waals surface area contributed by atoms with Crippen molar-refractivity contribution >= 4 is 17.8 Å². The van der Waals surface area contributed by atoms with Gasteiger partial charge < -0.3 is 14.5 Å². The lowest BCUT2D eigenvalue weighted by Gasteiger charge is -2.20. The fourth-order valence-corrected chi connectivity index (χ4v) is 1.12. The molecule has 98 valence electrons. The van der Waals surface area contributed by atoms with Crippen LogP contribution >= 0.6 is 0 Å². The predicted octanol–water partition coefficient (Wildman–Crippen LogP) is -0.124. The number of hydrogen-bond acceptors (Lipinski definition) is 4. The molecular formula is C11H20N2O4. The molecule has 0 bridgehead atoms. The number of hydrogen-bond donors (Lipinski definition) is 0. The highest BCUT2D eigenvalue weighted by Crippen LogP contribution is 1.96. The van der Waals surface area contributed by atoms with Crippen molar-refractivity contribution in [1.82, 2.24) is 9.80 Å². The average molecular weight is 244 g/mol. The summed E-state index contributed by atoms with van der Waals surface area (Å²) in [6, 6.07) is 0. The van der Waals surface area contributed by atoms with E-state index in [1.807, 2.05) is 0 Å². The van der Waals surface area contributed by atoms with Crippen molar-refractivity contribution < 1.29 is 19.1 Å². The summed E-state index contributed by atoms with van der Waals surface area (Å²) in [7, 11) is 4.55. The highest BCUT2D eigenvalue weighted by atomic mass is 16.5. The van der Waals surface area contributed by atoms with E-state index in [1.165, 1.54) is 23.8 Å². The second kappa shape index (κ2) is 7.65. The van der Waals surface area contributed by atoms with Gasteiger partial charge in [0.25, 0.3) is 0 Å². The third kappa shape index (κ3) is 6.55. The number of amides is 2. The Kier molecular flexibility index (Phi) is 6.93. The minimum atomic E-state index is -0.285. The van der Waals surface area contributed by atoms with Gasteiger partial charge in [0.2, 0.25) is 11.8 Å². The topological polar surface area (TPSA) is 66.9 Å². The van der Waals surface area contributed by atoms with Crippen molar-refractivity contribution in [2.45, 2.75) is 19.8 Å². The van der Waals surface area contributed by atoms with Crippen LogP contribution in [-0.2, 0) is 19.1 Å². The molecule has 0 saturated heterocycles. The zero-order valence-corrected chi connectivity index (χ0v) is 10.9. The van der Waals surface area contributed by atoms with E-state index < -0.39 is 0 Å². The maximum atomic E-state index is 11.6. The fraction of sp³-hybridized carbons (Fsp3) is 0.727. The van der Waals surface area contributed by atoms with Gasteiger partial charge in [0.05, 0.1) is 13.7 Å². The van der Waals surface area contributed by atoms with Gasteiger partial charge >= 0.3 is 5.97 Å². The van der Waals surface area contributed by atoms with Crippen molar-refractivity contribution in [2.24, 2.45) is 0 Å². The molecule has 0 unspecified atom stereocenters. The molecule has 0 aliphatic rings. The lowest BCUT2D eigenvalue weighted by molar-refractivity contribution is -0.141. The maximum absolute atomic E-state index is 11.6. The molecule has 0 heterocycles. The Bertz CT molecular complexity index is 291. The van der Waals surface area contributed by atoms with Gasteiger partial charge in [0.15, 0.2) is 0 Å². The molecule has 0 fully saturated rings. The lowest BCUT2D eigenvalue weighted by atomic mass is 10.3. The van der Waals surface area contributed by atoms with Crippen molar-refractivity contribution in [2.75, 3.05) is 34.3 Å². The van der Waals surface area contributed by atoms with Crippen LogP contribution < -0.4 is 0 Å². The third-order valence-electron chi connectivity index (χ3n) is 2.44. The molecule has 0 aromatic carbocycles. The summed E-state index contributed by atoms with van der Waals surface area (Å²) in [5.74, 6) is -0.583. The minimum absolute atomic E-state index is 0.0596. The number of methoxy groups -OCH3 is 1. The molecule has 17 heavy (non-hydrogen) atoms. The van der Waals surface area contributed by atoms with Gasteiger partial charge in [-0.15, -0.1) is 0 Å². The number of carbonyl (C=O) groups excluding carboxylic acids is 3. The molecule has 6 heteroatoms. The second-order valence-electron chi connectivity index (χ2n) is 3.87. The average Bonchev–Trinajstić information content (AvgIpc) is 2.28. The highest BCUT2D eigenvalue weighted by Gasteiger charge is 2.13. The SMILES string of the molecule is COC(=O)CCCN(C)C(=O)CN(C)C(C)=O. The number of rotatable bonds is 6. The van der Waals surface area contributed by atoms with Crippen LogP contribution in [0.15, 0.2) is 0 Å². The molecule has 0 aliphatic heterocycles. The van der Waals surface area contributed by atoms with Crippen molar-refractivity contribution in [3.63, 3.8) is 0 Å². The Morgan fingerprint density at radius 2 is 1.71 bits per heavy atom. The van der Waals surface area contributed by atoms with Crippen LogP contribution in [0.3, 0.4) is 0 Å². The Labute approximate surface area is 102 Å². The summed E-state index contributed by atoms with van der Waals surface area (Å²) in [4.78, 5) is 36.3. The zero-order chi connectivity index (χ0) is 13.4. The first-order valence-corrected chi connectivity index (χ1v) is 5.41. The zero-order valence-electron chi connectivity index (χ0n) is 10.9. The van der Waals surface area contributed by atoms with Gasteiger partial charge in [-0.3, -0.25) is 14.4 Å². The normalized spacial score (nSPS) is 9.65.